The van der Waals surface area contributed by atoms with E-state index in [1.165, 1.54) is 18.2 Å². The fourth-order valence-electron chi connectivity index (χ4n) is 4.13. The van der Waals surface area contributed by atoms with Crippen LogP contribution in [0, 0.1) is 25.5 Å². The van der Waals surface area contributed by atoms with Gasteiger partial charge in [0.1, 0.15) is 17.5 Å². The maximum absolute atomic E-state index is 15.3. The largest absolute Gasteiger partial charge is 0.371 e. The quantitative estimate of drug-likeness (QED) is 0.425. The zero-order chi connectivity index (χ0) is 20.7. The van der Waals surface area contributed by atoms with Gasteiger partial charge in [-0.25, -0.2) is 8.78 Å². The molecule has 29 heavy (non-hydrogen) atoms. The summed E-state index contributed by atoms with van der Waals surface area (Å²) >= 11 is 6.78. The molecule has 0 saturated carbocycles. The first-order valence-electron chi connectivity index (χ1n) is 9.19. The fraction of sp³-hybridized carbons (Fsp3) is 0.238. The number of hydrogen-bond acceptors (Lipinski definition) is 3. The Labute approximate surface area is 170 Å². The molecular weight excluding hydrogens is 396 g/mol. The van der Waals surface area contributed by atoms with Crippen molar-refractivity contribution in [2.45, 2.75) is 33.2 Å². The SMILES string of the molecule is Cc1c[nH]c2c(-c3c(F)cc4c(c3Cl)-n3c(C)nnc3C(C)(C)N4)cc(F)cc12. The summed E-state index contributed by atoms with van der Waals surface area (Å²) in [5.41, 5.74) is 2.54. The Bertz CT molecular complexity index is 1320. The van der Waals surface area contributed by atoms with Crippen LogP contribution in [0.15, 0.2) is 24.4 Å². The summed E-state index contributed by atoms with van der Waals surface area (Å²) in [5, 5.41) is 12.6. The van der Waals surface area contributed by atoms with Gasteiger partial charge in [0.25, 0.3) is 0 Å². The standard InChI is InChI=1S/C21H18ClF2N5/c1-9-8-25-18-12(9)5-11(23)6-13(18)16-14(24)7-15-19(17(16)22)29-10(2)27-28-20(29)21(3,4)26-15/h5-8,25-26H,1-4H3. The minimum absolute atomic E-state index is 0.136. The number of hydrogen-bond donors (Lipinski definition) is 2. The number of aromatic amines is 1. The van der Waals surface area contributed by atoms with Gasteiger partial charge in [0.15, 0.2) is 5.82 Å². The first kappa shape index (κ1) is 18.1. The molecule has 0 radical (unpaired) electrons. The number of anilines is 1. The van der Waals surface area contributed by atoms with Gasteiger partial charge in [-0.1, -0.05) is 11.6 Å². The lowest BCUT2D eigenvalue weighted by Gasteiger charge is -2.34. The second-order valence-corrected chi connectivity index (χ2v) is 8.33. The molecule has 8 heteroatoms. The number of aryl methyl sites for hydroxylation is 2. The van der Waals surface area contributed by atoms with Crippen molar-refractivity contribution in [3.8, 4) is 16.8 Å². The molecule has 0 bridgehead atoms. The summed E-state index contributed by atoms with van der Waals surface area (Å²) in [6, 6.07) is 4.13. The van der Waals surface area contributed by atoms with Gasteiger partial charge in [-0.05, 0) is 51.5 Å². The molecule has 0 fully saturated rings. The Morgan fingerprint density at radius 2 is 1.86 bits per heavy atom. The highest BCUT2D eigenvalue weighted by atomic mass is 35.5. The second kappa shape index (κ2) is 5.79. The lowest BCUT2D eigenvalue weighted by atomic mass is 9.96. The average molecular weight is 414 g/mol. The van der Waals surface area contributed by atoms with Crippen molar-refractivity contribution in [3.63, 3.8) is 0 Å². The van der Waals surface area contributed by atoms with Gasteiger partial charge < -0.3 is 10.3 Å². The maximum Gasteiger partial charge on any atom is 0.162 e. The highest BCUT2D eigenvalue weighted by molar-refractivity contribution is 6.36. The van der Waals surface area contributed by atoms with E-state index in [-0.39, 0.29) is 10.6 Å². The van der Waals surface area contributed by atoms with E-state index in [2.05, 4.69) is 20.5 Å². The number of rotatable bonds is 1. The molecule has 2 aromatic heterocycles. The Morgan fingerprint density at radius 3 is 2.62 bits per heavy atom. The molecule has 0 atom stereocenters. The van der Waals surface area contributed by atoms with E-state index >= 15 is 4.39 Å². The van der Waals surface area contributed by atoms with E-state index in [1.807, 2.05) is 32.3 Å². The van der Waals surface area contributed by atoms with Crippen LogP contribution in [-0.4, -0.2) is 19.7 Å². The Morgan fingerprint density at radius 1 is 1.10 bits per heavy atom. The third-order valence-electron chi connectivity index (χ3n) is 5.48. The normalized spacial score (nSPS) is 14.6. The zero-order valence-electron chi connectivity index (χ0n) is 16.3. The van der Waals surface area contributed by atoms with Gasteiger partial charge in [0.2, 0.25) is 0 Å². The predicted octanol–water partition coefficient (Wildman–Crippen LogP) is 5.62. The van der Waals surface area contributed by atoms with Crippen molar-refractivity contribution in [2.24, 2.45) is 0 Å². The number of benzene rings is 2. The van der Waals surface area contributed by atoms with Crippen molar-refractivity contribution in [3.05, 3.63) is 58.3 Å². The summed E-state index contributed by atoms with van der Waals surface area (Å²) in [6.07, 6.45) is 1.77. The molecule has 4 aromatic rings. The van der Waals surface area contributed by atoms with Crippen LogP contribution in [0.2, 0.25) is 5.02 Å². The fourth-order valence-corrected chi connectivity index (χ4v) is 4.50. The molecular formula is C21H18ClF2N5. The first-order chi connectivity index (χ1) is 13.7. The lowest BCUT2D eigenvalue weighted by molar-refractivity contribution is 0.533. The van der Waals surface area contributed by atoms with Gasteiger partial charge in [-0.15, -0.1) is 10.2 Å². The van der Waals surface area contributed by atoms with Crippen LogP contribution in [0.4, 0.5) is 14.5 Å². The Kier molecular flexibility index (Phi) is 3.62. The molecule has 0 aliphatic carbocycles. The van der Waals surface area contributed by atoms with Crippen LogP contribution >= 0.6 is 11.6 Å². The van der Waals surface area contributed by atoms with Crippen molar-refractivity contribution in [1.82, 2.24) is 19.7 Å². The van der Waals surface area contributed by atoms with E-state index in [9.17, 15) is 4.39 Å². The second-order valence-electron chi connectivity index (χ2n) is 7.95. The van der Waals surface area contributed by atoms with E-state index in [0.717, 1.165) is 5.56 Å². The monoisotopic (exact) mass is 413 g/mol. The van der Waals surface area contributed by atoms with Gasteiger partial charge in [0, 0.05) is 22.7 Å². The van der Waals surface area contributed by atoms with Crippen LogP contribution in [-0.2, 0) is 5.54 Å². The van der Waals surface area contributed by atoms with Crippen LogP contribution in [0.1, 0.15) is 31.1 Å². The van der Waals surface area contributed by atoms with Gasteiger partial charge in [-0.2, -0.15) is 0 Å². The molecule has 148 valence electrons. The summed E-state index contributed by atoms with van der Waals surface area (Å²) in [5.74, 6) is 0.312. The molecule has 5 rings (SSSR count). The van der Waals surface area contributed by atoms with E-state index < -0.39 is 17.2 Å². The van der Waals surface area contributed by atoms with E-state index in [0.29, 0.717) is 39.5 Å². The van der Waals surface area contributed by atoms with Crippen LogP contribution in [0.3, 0.4) is 0 Å². The molecule has 0 spiro atoms. The van der Waals surface area contributed by atoms with E-state index in [1.54, 1.807) is 6.20 Å². The molecule has 0 amide bonds. The molecule has 5 nitrogen and oxygen atoms in total. The Balaban J connectivity index is 1.88. The summed E-state index contributed by atoms with van der Waals surface area (Å²) in [6.45, 7) is 7.56. The first-order valence-corrected chi connectivity index (χ1v) is 9.57. The minimum Gasteiger partial charge on any atom is -0.371 e. The number of nitrogens with one attached hydrogen (secondary N) is 2. The maximum atomic E-state index is 15.3. The number of nitrogens with zero attached hydrogens (tertiary/aromatic N) is 3. The van der Waals surface area contributed by atoms with Crippen molar-refractivity contribution < 1.29 is 8.78 Å². The average Bonchev–Trinajstić information content (AvgIpc) is 3.19. The topological polar surface area (TPSA) is 58.5 Å². The third-order valence-corrected chi connectivity index (χ3v) is 5.85. The highest BCUT2D eigenvalue weighted by Crippen LogP contribution is 2.46. The molecule has 1 aliphatic rings. The molecule has 2 aromatic carbocycles. The van der Waals surface area contributed by atoms with Gasteiger partial charge >= 0.3 is 0 Å². The summed E-state index contributed by atoms with van der Waals surface area (Å²) < 4.78 is 31.6. The third kappa shape index (κ3) is 2.43. The lowest BCUT2D eigenvalue weighted by Crippen LogP contribution is -2.36. The van der Waals surface area contributed by atoms with Crippen LogP contribution in [0.25, 0.3) is 27.7 Å². The van der Waals surface area contributed by atoms with Crippen molar-refractivity contribution in [1.29, 1.82) is 0 Å². The van der Waals surface area contributed by atoms with Crippen LogP contribution < -0.4 is 5.32 Å². The van der Waals surface area contributed by atoms with Crippen LogP contribution in [0.5, 0.6) is 0 Å². The zero-order valence-corrected chi connectivity index (χ0v) is 17.0. The van der Waals surface area contributed by atoms with Crippen molar-refractivity contribution in [2.75, 3.05) is 5.32 Å². The number of fused-ring (bicyclic) bond motifs is 4. The summed E-state index contributed by atoms with van der Waals surface area (Å²) in [7, 11) is 0. The molecule has 0 saturated heterocycles. The predicted molar refractivity (Wildman–Crippen MR) is 110 cm³/mol. The Hall–Kier alpha value is -2.93. The number of aromatic nitrogens is 4. The molecule has 3 heterocycles. The summed E-state index contributed by atoms with van der Waals surface area (Å²) in [4.78, 5) is 3.12. The number of halogens is 3. The molecule has 1 aliphatic heterocycles. The van der Waals surface area contributed by atoms with E-state index in [4.69, 9.17) is 11.6 Å². The molecule has 2 N–H and O–H groups in total. The smallest absolute Gasteiger partial charge is 0.162 e. The minimum atomic E-state index is -0.561. The van der Waals surface area contributed by atoms with Crippen molar-refractivity contribution >= 4 is 28.2 Å². The van der Waals surface area contributed by atoms with Gasteiger partial charge in [-0.3, -0.25) is 4.57 Å². The molecule has 0 unspecified atom stereocenters. The van der Waals surface area contributed by atoms with Gasteiger partial charge in [0.05, 0.1) is 27.5 Å². The number of H-pyrrole nitrogens is 1. The highest BCUT2D eigenvalue weighted by Gasteiger charge is 2.37.